The number of benzene rings is 1. The Kier molecular flexibility index (Phi) is 6.33. The van der Waals surface area contributed by atoms with Crippen molar-refractivity contribution in [3.63, 3.8) is 0 Å². The van der Waals surface area contributed by atoms with Crippen LogP contribution in [0.4, 0.5) is 5.69 Å². The highest BCUT2D eigenvalue weighted by Crippen LogP contribution is 2.22. The lowest BCUT2D eigenvalue weighted by Crippen LogP contribution is -2.45. The molecule has 1 aromatic carbocycles. The highest BCUT2D eigenvalue weighted by molar-refractivity contribution is 5.48. The van der Waals surface area contributed by atoms with E-state index in [-0.39, 0.29) is 0 Å². The van der Waals surface area contributed by atoms with Crippen molar-refractivity contribution in [2.45, 2.75) is 25.8 Å². The van der Waals surface area contributed by atoms with Crippen molar-refractivity contribution in [2.24, 2.45) is 5.92 Å². The first-order valence-corrected chi connectivity index (χ1v) is 7.91. The van der Waals surface area contributed by atoms with E-state index in [0.29, 0.717) is 12.0 Å². The molecule has 4 nitrogen and oxygen atoms in total. The Balaban J connectivity index is 1.96. The molecule has 0 saturated carbocycles. The van der Waals surface area contributed by atoms with Crippen LogP contribution in [-0.4, -0.2) is 46.5 Å². The Hall–Kier alpha value is -1.26. The van der Waals surface area contributed by atoms with E-state index in [1.54, 1.807) is 7.11 Å². The number of likely N-dealkylation sites (N-methyl/N-ethyl adjacent to an activating group) is 1. The molecule has 2 rings (SSSR count). The van der Waals surface area contributed by atoms with Crippen LogP contribution in [-0.2, 0) is 4.74 Å². The third kappa shape index (κ3) is 4.61. The molecule has 1 aromatic rings. The Morgan fingerprint density at radius 1 is 1.38 bits per heavy atom. The number of hydrogen-bond acceptors (Lipinski definition) is 4. The molecule has 21 heavy (non-hydrogen) atoms. The van der Waals surface area contributed by atoms with E-state index < -0.39 is 0 Å². The zero-order valence-corrected chi connectivity index (χ0v) is 13.5. The summed E-state index contributed by atoms with van der Waals surface area (Å²) in [6, 6.07) is 8.74. The zero-order valence-electron chi connectivity index (χ0n) is 13.5. The Morgan fingerprint density at radius 2 is 2.14 bits per heavy atom. The van der Waals surface area contributed by atoms with Gasteiger partial charge in [-0.25, -0.2) is 0 Å². The molecule has 0 bridgehead atoms. The van der Waals surface area contributed by atoms with Crippen LogP contribution < -0.4 is 15.0 Å². The second kappa shape index (κ2) is 8.25. The molecular weight excluding hydrogens is 264 g/mol. The first-order chi connectivity index (χ1) is 10.2. The van der Waals surface area contributed by atoms with Gasteiger partial charge in [0.2, 0.25) is 0 Å². The van der Waals surface area contributed by atoms with Gasteiger partial charge in [0.15, 0.2) is 0 Å². The zero-order chi connectivity index (χ0) is 15.1. The fourth-order valence-electron chi connectivity index (χ4n) is 2.82. The predicted molar refractivity (Wildman–Crippen MR) is 87.3 cm³/mol. The largest absolute Gasteiger partial charge is 0.497 e. The van der Waals surface area contributed by atoms with Crippen LogP contribution in [0.1, 0.15) is 19.8 Å². The maximum atomic E-state index is 5.56. The van der Waals surface area contributed by atoms with Crippen LogP contribution >= 0.6 is 0 Å². The predicted octanol–water partition coefficient (Wildman–Crippen LogP) is 2.54. The van der Waals surface area contributed by atoms with Crippen LogP contribution in [0.3, 0.4) is 0 Å². The summed E-state index contributed by atoms with van der Waals surface area (Å²) in [6.45, 7) is 6.07. The molecule has 1 aliphatic heterocycles. The van der Waals surface area contributed by atoms with Gasteiger partial charge in [-0.3, -0.25) is 0 Å². The van der Waals surface area contributed by atoms with Crippen molar-refractivity contribution in [1.82, 2.24) is 5.32 Å². The van der Waals surface area contributed by atoms with Crippen molar-refractivity contribution in [2.75, 3.05) is 45.4 Å². The maximum Gasteiger partial charge on any atom is 0.119 e. The quantitative estimate of drug-likeness (QED) is 0.798. The normalized spacial score (nSPS) is 19.5. The lowest BCUT2D eigenvalue weighted by atomic mass is 9.98. The van der Waals surface area contributed by atoms with Gasteiger partial charge in [0.25, 0.3) is 0 Å². The fraction of sp³-hybridized carbons (Fsp3) is 0.647. The van der Waals surface area contributed by atoms with Crippen molar-refractivity contribution >= 4 is 5.69 Å². The Morgan fingerprint density at radius 3 is 2.71 bits per heavy atom. The van der Waals surface area contributed by atoms with Crippen LogP contribution in [0.15, 0.2) is 24.3 Å². The molecule has 1 aliphatic rings. The van der Waals surface area contributed by atoms with Crippen molar-refractivity contribution in [3.05, 3.63) is 24.3 Å². The molecule has 118 valence electrons. The number of hydrogen-bond donors (Lipinski definition) is 1. The molecule has 0 aromatic heterocycles. The van der Waals surface area contributed by atoms with Crippen LogP contribution in [0.2, 0.25) is 0 Å². The Bertz CT molecular complexity index is 402. The molecular formula is C17H28N2O2. The van der Waals surface area contributed by atoms with Crippen molar-refractivity contribution in [3.8, 4) is 5.75 Å². The van der Waals surface area contributed by atoms with E-state index in [1.807, 2.05) is 12.1 Å². The third-order valence-corrected chi connectivity index (χ3v) is 4.17. The van der Waals surface area contributed by atoms with E-state index >= 15 is 0 Å². The minimum Gasteiger partial charge on any atom is -0.497 e. The number of methoxy groups -OCH3 is 1. The minimum atomic E-state index is 0.486. The summed E-state index contributed by atoms with van der Waals surface area (Å²) in [5.74, 6) is 1.52. The maximum absolute atomic E-state index is 5.56. The molecule has 2 atom stereocenters. The summed E-state index contributed by atoms with van der Waals surface area (Å²) in [6.07, 6.45) is 2.33. The van der Waals surface area contributed by atoms with Crippen LogP contribution in [0, 0.1) is 5.92 Å². The number of nitrogens with one attached hydrogen (secondary N) is 1. The molecule has 0 spiro atoms. The van der Waals surface area contributed by atoms with E-state index in [1.165, 1.54) is 5.69 Å². The van der Waals surface area contributed by atoms with Gasteiger partial charge in [0, 0.05) is 37.8 Å². The van der Waals surface area contributed by atoms with Crippen molar-refractivity contribution < 1.29 is 9.47 Å². The standard InChI is InChI=1S/C17H28N2O2/c1-4-10-18-17(14-9-11-21-13-14)12-19(2)15-5-7-16(20-3)8-6-15/h5-8,14,17-18H,4,9-13H2,1-3H3. The number of nitrogens with zero attached hydrogens (tertiary/aromatic N) is 1. The summed E-state index contributed by atoms with van der Waals surface area (Å²) in [5.41, 5.74) is 1.22. The second-order valence-electron chi connectivity index (χ2n) is 5.76. The highest BCUT2D eigenvalue weighted by Gasteiger charge is 2.26. The third-order valence-electron chi connectivity index (χ3n) is 4.17. The van der Waals surface area contributed by atoms with E-state index in [4.69, 9.17) is 9.47 Å². The van der Waals surface area contributed by atoms with Gasteiger partial charge in [0.05, 0.1) is 13.7 Å². The van der Waals surface area contributed by atoms with Gasteiger partial charge in [-0.15, -0.1) is 0 Å². The van der Waals surface area contributed by atoms with Crippen LogP contribution in [0.25, 0.3) is 0 Å². The first kappa shape index (κ1) is 16.1. The molecule has 0 amide bonds. The number of anilines is 1. The molecule has 0 radical (unpaired) electrons. The van der Waals surface area contributed by atoms with Gasteiger partial charge in [0.1, 0.15) is 5.75 Å². The molecule has 1 saturated heterocycles. The monoisotopic (exact) mass is 292 g/mol. The average molecular weight is 292 g/mol. The molecule has 1 fully saturated rings. The second-order valence-corrected chi connectivity index (χ2v) is 5.76. The highest BCUT2D eigenvalue weighted by atomic mass is 16.5. The van der Waals surface area contributed by atoms with Gasteiger partial charge >= 0.3 is 0 Å². The molecule has 1 heterocycles. The fourth-order valence-corrected chi connectivity index (χ4v) is 2.82. The topological polar surface area (TPSA) is 33.7 Å². The minimum absolute atomic E-state index is 0.486. The summed E-state index contributed by atoms with van der Waals surface area (Å²) in [5, 5.41) is 3.69. The van der Waals surface area contributed by atoms with Crippen molar-refractivity contribution in [1.29, 1.82) is 0 Å². The summed E-state index contributed by atoms with van der Waals surface area (Å²) in [7, 11) is 3.85. The van der Waals surface area contributed by atoms with Gasteiger partial charge < -0.3 is 19.7 Å². The summed E-state index contributed by atoms with van der Waals surface area (Å²) >= 11 is 0. The molecule has 0 aliphatic carbocycles. The molecule has 1 N–H and O–H groups in total. The molecule has 2 unspecified atom stereocenters. The first-order valence-electron chi connectivity index (χ1n) is 7.91. The van der Waals surface area contributed by atoms with E-state index in [9.17, 15) is 0 Å². The smallest absolute Gasteiger partial charge is 0.119 e. The van der Waals surface area contributed by atoms with E-state index in [0.717, 1.165) is 44.9 Å². The van der Waals surface area contributed by atoms with Gasteiger partial charge in [-0.2, -0.15) is 0 Å². The van der Waals surface area contributed by atoms with Gasteiger partial charge in [-0.05, 0) is 43.7 Å². The SMILES string of the molecule is CCCNC(CN(C)c1ccc(OC)cc1)C1CCOC1. The Labute approximate surface area is 128 Å². The summed E-state index contributed by atoms with van der Waals surface area (Å²) < 4.78 is 10.8. The lowest BCUT2D eigenvalue weighted by Gasteiger charge is -2.30. The van der Waals surface area contributed by atoms with E-state index in [2.05, 4.69) is 36.3 Å². The summed E-state index contributed by atoms with van der Waals surface area (Å²) in [4.78, 5) is 2.31. The average Bonchev–Trinajstić information content (AvgIpc) is 3.05. The molecule has 4 heteroatoms. The van der Waals surface area contributed by atoms with Crippen LogP contribution in [0.5, 0.6) is 5.75 Å². The number of rotatable bonds is 8. The van der Waals surface area contributed by atoms with Gasteiger partial charge in [-0.1, -0.05) is 6.92 Å². The number of ether oxygens (including phenoxy) is 2. The lowest BCUT2D eigenvalue weighted by molar-refractivity contribution is 0.177.